The standard InChI is InChI=1S/C14H12ClFN2O2/c15-13(18-19)8-10-3-5-11(6-4-10)9-20-14-12(16)2-1-7-17-14/h1-7,19H,8-9H2/b18-13-. The molecule has 4 nitrogen and oxygen atoms in total. The molecule has 1 heterocycles. The van der Waals surface area contributed by atoms with E-state index in [4.69, 9.17) is 21.5 Å². The van der Waals surface area contributed by atoms with Crippen LogP contribution in [0.2, 0.25) is 0 Å². The normalized spacial score (nSPS) is 11.4. The highest BCUT2D eigenvalue weighted by Gasteiger charge is 2.04. The fraction of sp³-hybridized carbons (Fsp3) is 0.143. The third kappa shape index (κ3) is 3.93. The fourth-order valence-electron chi connectivity index (χ4n) is 1.59. The van der Waals surface area contributed by atoms with Gasteiger partial charge in [-0.25, -0.2) is 9.37 Å². The van der Waals surface area contributed by atoms with Gasteiger partial charge in [0.2, 0.25) is 0 Å². The van der Waals surface area contributed by atoms with Crippen molar-refractivity contribution in [2.45, 2.75) is 13.0 Å². The third-order valence-corrected chi connectivity index (χ3v) is 2.79. The second-order valence-electron chi connectivity index (χ2n) is 4.05. The number of benzene rings is 1. The monoisotopic (exact) mass is 294 g/mol. The number of halogens is 2. The van der Waals surface area contributed by atoms with E-state index < -0.39 is 5.82 Å². The highest BCUT2D eigenvalue weighted by Crippen LogP contribution is 2.14. The lowest BCUT2D eigenvalue weighted by molar-refractivity contribution is 0.277. The molecule has 0 saturated heterocycles. The van der Waals surface area contributed by atoms with Gasteiger partial charge >= 0.3 is 0 Å². The number of oxime groups is 1. The Balaban J connectivity index is 1.96. The molecule has 0 atom stereocenters. The minimum absolute atomic E-state index is 0.0213. The van der Waals surface area contributed by atoms with Crippen molar-refractivity contribution >= 4 is 16.8 Å². The van der Waals surface area contributed by atoms with Crippen LogP contribution in [0, 0.1) is 5.82 Å². The lowest BCUT2D eigenvalue weighted by atomic mass is 10.1. The molecule has 0 spiro atoms. The summed E-state index contributed by atoms with van der Waals surface area (Å²) in [6.07, 6.45) is 1.83. The van der Waals surface area contributed by atoms with Crippen molar-refractivity contribution < 1.29 is 14.3 Å². The van der Waals surface area contributed by atoms with Crippen LogP contribution >= 0.6 is 11.6 Å². The Labute approximate surface area is 120 Å². The van der Waals surface area contributed by atoms with E-state index in [0.717, 1.165) is 11.1 Å². The van der Waals surface area contributed by atoms with Crippen molar-refractivity contribution in [3.8, 4) is 5.88 Å². The Bertz CT molecular complexity index is 602. The van der Waals surface area contributed by atoms with Gasteiger partial charge in [0.25, 0.3) is 5.88 Å². The van der Waals surface area contributed by atoms with E-state index in [2.05, 4.69) is 10.1 Å². The van der Waals surface area contributed by atoms with Crippen LogP contribution < -0.4 is 4.74 Å². The van der Waals surface area contributed by atoms with Gasteiger partial charge in [0.05, 0.1) is 0 Å². The summed E-state index contributed by atoms with van der Waals surface area (Å²) in [7, 11) is 0. The SMILES string of the molecule is O/N=C(\Cl)Cc1ccc(COc2ncccc2F)cc1. The zero-order chi connectivity index (χ0) is 14.4. The van der Waals surface area contributed by atoms with Crippen LogP contribution in [0.15, 0.2) is 47.8 Å². The van der Waals surface area contributed by atoms with E-state index in [1.807, 2.05) is 24.3 Å². The van der Waals surface area contributed by atoms with E-state index in [1.165, 1.54) is 18.3 Å². The first-order valence-electron chi connectivity index (χ1n) is 5.86. The maximum atomic E-state index is 13.3. The van der Waals surface area contributed by atoms with Gasteiger partial charge in [-0.15, -0.1) is 0 Å². The van der Waals surface area contributed by atoms with Gasteiger partial charge in [0, 0.05) is 12.6 Å². The fourth-order valence-corrected chi connectivity index (χ4v) is 1.74. The number of ether oxygens (including phenoxy) is 1. The number of pyridine rings is 1. The average molecular weight is 295 g/mol. The maximum absolute atomic E-state index is 13.3. The van der Waals surface area contributed by atoms with Crippen LogP contribution in [-0.4, -0.2) is 15.4 Å². The van der Waals surface area contributed by atoms with Gasteiger partial charge in [0.1, 0.15) is 11.8 Å². The summed E-state index contributed by atoms with van der Waals surface area (Å²) in [5.41, 5.74) is 1.77. The summed E-state index contributed by atoms with van der Waals surface area (Å²) >= 11 is 5.62. The first-order chi connectivity index (χ1) is 9.69. The van der Waals surface area contributed by atoms with Gasteiger partial charge in [-0.3, -0.25) is 0 Å². The van der Waals surface area contributed by atoms with E-state index >= 15 is 0 Å². The molecule has 1 aromatic carbocycles. The first-order valence-corrected chi connectivity index (χ1v) is 6.24. The Morgan fingerprint density at radius 2 is 1.95 bits per heavy atom. The Morgan fingerprint density at radius 3 is 2.60 bits per heavy atom. The van der Waals surface area contributed by atoms with Gasteiger partial charge in [-0.2, -0.15) is 0 Å². The van der Waals surface area contributed by atoms with Crippen LogP contribution in [0.5, 0.6) is 5.88 Å². The molecular formula is C14H12ClFN2O2. The molecule has 0 fully saturated rings. The molecule has 0 aliphatic carbocycles. The molecule has 1 aromatic heterocycles. The highest BCUT2D eigenvalue weighted by atomic mass is 35.5. The van der Waals surface area contributed by atoms with Gasteiger partial charge in [0.15, 0.2) is 5.82 Å². The van der Waals surface area contributed by atoms with E-state index in [0.29, 0.717) is 6.42 Å². The largest absolute Gasteiger partial charge is 0.471 e. The molecule has 0 aliphatic heterocycles. The average Bonchev–Trinajstić information content (AvgIpc) is 2.48. The molecule has 0 radical (unpaired) electrons. The quantitative estimate of drug-likeness (QED) is 0.522. The molecule has 1 N–H and O–H groups in total. The van der Waals surface area contributed by atoms with Crippen molar-refractivity contribution in [3.05, 3.63) is 59.5 Å². The second kappa shape index (κ2) is 6.86. The minimum Gasteiger partial charge on any atom is -0.471 e. The van der Waals surface area contributed by atoms with Crippen LogP contribution in [-0.2, 0) is 13.0 Å². The molecule has 0 aliphatic rings. The molecular weight excluding hydrogens is 283 g/mol. The lowest BCUT2D eigenvalue weighted by Crippen LogP contribution is -2.00. The van der Waals surface area contributed by atoms with Gasteiger partial charge in [-0.05, 0) is 23.3 Å². The minimum atomic E-state index is -0.491. The van der Waals surface area contributed by atoms with Crippen LogP contribution in [0.1, 0.15) is 11.1 Å². The summed E-state index contributed by atoms with van der Waals surface area (Å²) in [6, 6.07) is 10.1. The summed E-state index contributed by atoms with van der Waals surface area (Å²) in [6.45, 7) is 0.218. The predicted octanol–water partition coefficient (Wildman–Crippen LogP) is 3.37. The zero-order valence-corrected chi connectivity index (χ0v) is 11.2. The smallest absolute Gasteiger partial charge is 0.250 e. The third-order valence-electron chi connectivity index (χ3n) is 2.58. The number of aromatic nitrogens is 1. The van der Waals surface area contributed by atoms with Crippen molar-refractivity contribution in [2.24, 2.45) is 5.16 Å². The molecule has 20 heavy (non-hydrogen) atoms. The molecule has 2 aromatic rings. The predicted molar refractivity (Wildman–Crippen MR) is 73.7 cm³/mol. The first kappa shape index (κ1) is 14.3. The van der Waals surface area contributed by atoms with Gasteiger partial charge in [-0.1, -0.05) is 41.0 Å². The number of hydrogen-bond acceptors (Lipinski definition) is 4. The van der Waals surface area contributed by atoms with Crippen LogP contribution in [0.3, 0.4) is 0 Å². The topological polar surface area (TPSA) is 54.7 Å². The number of nitrogens with zero attached hydrogens (tertiary/aromatic N) is 2. The van der Waals surface area contributed by atoms with E-state index in [1.54, 1.807) is 0 Å². The summed E-state index contributed by atoms with van der Waals surface area (Å²) in [5.74, 6) is -0.512. The number of rotatable bonds is 5. The van der Waals surface area contributed by atoms with E-state index in [9.17, 15) is 4.39 Å². The molecule has 2 rings (SSSR count). The van der Waals surface area contributed by atoms with Crippen LogP contribution in [0.25, 0.3) is 0 Å². The number of hydrogen-bond donors (Lipinski definition) is 1. The lowest BCUT2D eigenvalue weighted by Gasteiger charge is -2.06. The summed E-state index contributed by atoms with van der Waals surface area (Å²) < 4.78 is 18.6. The Kier molecular flexibility index (Phi) is 4.90. The summed E-state index contributed by atoms with van der Waals surface area (Å²) in [4.78, 5) is 3.80. The second-order valence-corrected chi connectivity index (χ2v) is 4.48. The Morgan fingerprint density at radius 1 is 1.25 bits per heavy atom. The van der Waals surface area contributed by atoms with Crippen molar-refractivity contribution in [3.63, 3.8) is 0 Å². The van der Waals surface area contributed by atoms with Crippen molar-refractivity contribution in [1.29, 1.82) is 0 Å². The molecule has 0 saturated carbocycles. The maximum Gasteiger partial charge on any atom is 0.250 e. The van der Waals surface area contributed by atoms with Crippen molar-refractivity contribution in [2.75, 3.05) is 0 Å². The zero-order valence-electron chi connectivity index (χ0n) is 10.5. The molecule has 0 bridgehead atoms. The van der Waals surface area contributed by atoms with E-state index in [-0.39, 0.29) is 17.7 Å². The molecule has 0 unspecified atom stereocenters. The highest BCUT2D eigenvalue weighted by molar-refractivity contribution is 6.65. The molecule has 0 amide bonds. The Hall–Kier alpha value is -2.14. The molecule has 6 heteroatoms. The van der Waals surface area contributed by atoms with Crippen LogP contribution in [0.4, 0.5) is 4.39 Å². The summed E-state index contributed by atoms with van der Waals surface area (Å²) in [5, 5.41) is 11.5. The van der Waals surface area contributed by atoms with Gasteiger partial charge < -0.3 is 9.94 Å². The van der Waals surface area contributed by atoms with Crippen molar-refractivity contribution in [1.82, 2.24) is 4.98 Å². The molecule has 104 valence electrons.